The molecular formula is C19H33N3O3S. The van der Waals surface area contributed by atoms with Crippen molar-refractivity contribution in [3.05, 3.63) is 11.1 Å². The number of thiazole rings is 1. The zero-order valence-corrected chi connectivity index (χ0v) is 17.2. The lowest BCUT2D eigenvalue weighted by atomic mass is 10.1. The van der Waals surface area contributed by atoms with Crippen LogP contribution in [0.4, 0.5) is 5.13 Å². The lowest BCUT2D eigenvalue weighted by Crippen LogP contribution is -2.39. The van der Waals surface area contributed by atoms with Crippen molar-refractivity contribution in [2.24, 2.45) is 0 Å². The molecule has 0 spiro atoms. The lowest BCUT2D eigenvalue weighted by molar-refractivity contribution is -0.135. The molecule has 1 N–H and O–H groups in total. The quantitative estimate of drug-likeness (QED) is 0.493. The summed E-state index contributed by atoms with van der Waals surface area (Å²) in [5.41, 5.74) is 0.877. The number of anilines is 1. The van der Waals surface area contributed by atoms with Crippen LogP contribution in [0.2, 0.25) is 0 Å². The third kappa shape index (κ3) is 9.87. The standard InChI is InChI=1S/C19H33N3O3S/c1-4-6-7-8-9-11-18(24)22(12-10-13-25-5-2)14-17(23)21-19-20-16(3)15-26-19/h15H,4-14H2,1-3H3,(H,20,21,23). The number of ether oxygens (including phenoxy) is 1. The third-order valence-electron chi connectivity index (χ3n) is 3.97. The van der Waals surface area contributed by atoms with Crippen molar-refractivity contribution in [2.45, 2.75) is 65.7 Å². The van der Waals surface area contributed by atoms with Gasteiger partial charge in [0.05, 0.1) is 12.2 Å². The molecule has 0 aromatic carbocycles. The van der Waals surface area contributed by atoms with Gasteiger partial charge in [-0.3, -0.25) is 9.59 Å². The number of rotatable bonds is 14. The van der Waals surface area contributed by atoms with Crippen molar-refractivity contribution < 1.29 is 14.3 Å². The van der Waals surface area contributed by atoms with E-state index in [1.807, 2.05) is 19.2 Å². The van der Waals surface area contributed by atoms with E-state index in [1.54, 1.807) is 4.90 Å². The Morgan fingerprint density at radius 3 is 2.62 bits per heavy atom. The average molecular weight is 384 g/mol. The molecule has 0 aliphatic carbocycles. The normalized spacial score (nSPS) is 10.7. The molecule has 0 saturated carbocycles. The van der Waals surface area contributed by atoms with Gasteiger partial charge in [0.25, 0.3) is 0 Å². The van der Waals surface area contributed by atoms with E-state index in [4.69, 9.17) is 4.74 Å². The molecule has 148 valence electrons. The summed E-state index contributed by atoms with van der Waals surface area (Å²) in [6.07, 6.45) is 6.75. The van der Waals surface area contributed by atoms with E-state index in [9.17, 15) is 9.59 Å². The first-order valence-corrected chi connectivity index (χ1v) is 10.5. The topological polar surface area (TPSA) is 71.5 Å². The average Bonchev–Trinajstić information content (AvgIpc) is 3.01. The maximum atomic E-state index is 12.5. The van der Waals surface area contributed by atoms with Gasteiger partial charge in [-0.2, -0.15) is 0 Å². The summed E-state index contributed by atoms with van der Waals surface area (Å²) in [4.78, 5) is 30.7. The van der Waals surface area contributed by atoms with E-state index in [1.165, 1.54) is 24.2 Å². The summed E-state index contributed by atoms with van der Waals surface area (Å²) in [6, 6.07) is 0. The Labute approximate surface area is 161 Å². The third-order valence-corrected chi connectivity index (χ3v) is 4.84. The molecule has 1 aromatic heterocycles. The summed E-state index contributed by atoms with van der Waals surface area (Å²) in [5, 5.41) is 5.24. The van der Waals surface area contributed by atoms with Crippen LogP contribution < -0.4 is 5.32 Å². The van der Waals surface area contributed by atoms with Gasteiger partial charge in [-0.1, -0.05) is 32.6 Å². The number of unbranched alkanes of at least 4 members (excludes halogenated alkanes) is 4. The van der Waals surface area contributed by atoms with Crippen LogP contribution in [-0.4, -0.2) is 48.0 Å². The van der Waals surface area contributed by atoms with E-state index in [0.717, 1.165) is 31.4 Å². The maximum absolute atomic E-state index is 12.5. The van der Waals surface area contributed by atoms with Crippen LogP contribution in [-0.2, 0) is 14.3 Å². The molecular weight excluding hydrogens is 350 g/mol. The molecule has 1 rings (SSSR count). The minimum absolute atomic E-state index is 0.0449. The smallest absolute Gasteiger partial charge is 0.245 e. The van der Waals surface area contributed by atoms with Gasteiger partial charge in [0.15, 0.2) is 5.13 Å². The fourth-order valence-corrected chi connectivity index (χ4v) is 3.28. The Bertz CT molecular complexity index is 534. The van der Waals surface area contributed by atoms with Crippen molar-refractivity contribution in [3.8, 4) is 0 Å². The van der Waals surface area contributed by atoms with Crippen LogP contribution in [0.3, 0.4) is 0 Å². The molecule has 0 atom stereocenters. The van der Waals surface area contributed by atoms with Gasteiger partial charge in [0.2, 0.25) is 11.8 Å². The molecule has 0 unspecified atom stereocenters. The van der Waals surface area contributed by atoms with E-state index >= 15 is 0 Å². The largest absolute Gasteiger partial charge is 0.382 e. The van der Waals surface area contributed by atoms with Gasteiger partial charge in [-0.25, -0.2) is 4.98 Å². The number of carbonyl (C=O) groups is 2. The molecule has 0 aliphatic rings. The van der Waals surface area contributed by atoms with Gasteiger partial charge in [0, 0.05) is 31.6 Å². The Kier molecular flexibility index (Phi) is 11.9. The number of nitrogens with one attached hydrogen (secondary N) is 1. The Morgan fingerprint density at radius 2 is 1.96 bits per heavy atom. The van der Waals surface area contributed by atoms with Crippen molar-refractivity contribution in [1.82, 2.24) is 9.88 Å². The predicted molar refractivity (Wildman–Crippen MR) is 107 cm³/mol. The number of aromatic nitrogens is 1. The molecule has 0 radical (unpaired) electrons. The highest BCUT2D eigenvalue weighted by molar-refractivity contribution is 7.13. The summed E-state index contributed by atoms with van der Waals surface area (Å²) in [6.45, 7) is 7.88. The van der Waals surface area contributed by atoms with E-state index in [-0.39, 0.29) is 18.4 Å². The number of carbonyl (C=O) groups excluding carboxylic acids is 2. The minimum Gasteiger partial charge on any atom is -0.382 e. The summed E-state index contributed by atoms with van der Waals surface area (Å²) in [7, 11) is 0. The fraction of sp³-hybridized carbons (Fsp3) is 0.737. The molecule has 0 aliphatic heterocycles. The zero-order chi connectivity index (χ0) is 19.2. The Morgan fingerprint density at radius 1 is 1.19 bits per heavy atom. The maximum Gasteiger partial charge on any atom is 0.245 e. The molecule has 2 amide bonds. The molecule has 7 heteroatoms. The second-order valence-corrected chi connectivity index (χ2v) is 7.23. The molecule has 0 fully saturated rings. The van der Waals surface area contributed by atoms with Crippen LogP contribution in [0.5, 0.6) is 0 Å². The van der Waals surface area contributed by atoms with Gasteiger partial charge >= 0.3 is 0 Å². The highest BCUT2D eigenvalue weighted by Gasteiger charge is 2.17. The first-order chi connectivity index (χ1) is 12.6. The molecule has 1 heterocycles. The zero-order valence-electron chi connectivity index (χ0n) is 16.4. The second kappa shape index (κ2) is 13.7. The van der Waals surface area contributed by atoms with Gasteiger partial charge in [0.1, 0.15) is 0 Å². The van der Waals surface area contributed by atoms with E-state index in [0.29, 0.717) is 31.3 Å². The SMILES string of the molecule is CCCCCCCC(=O)N(CCCOCC)CC(=O)Nc1nc(C)cs1. The number of hydrogen-bond donors (Lipinski definition) is 1. The number of aryl methyl sites for hydroxylation is 1. The predicted octanol–water partition coefficient (Wildman–Crippen LogP) is 4.01. The molecule has 6 nitrogen and oxygen atoms in total. The Balaban J connectivity index is 2.47. The first-order valence-electron chi connectivity index (χ1n) is 9.64. The lowest BCUT2D eigenvalue weighted by Gasteiger charge is -2.22. The van der Waals surface area contributed by atoms with E-state index in [2.05, 4.69) is 17.2 Å². The molecule has 26 heavy (non-hydrogen) atoms. The van der Waals surface area contributed by atoms with Crippen molar-refractivity contribution in [3.63, 3.8) is 0 Å². The Hall–Kier alpha value is -1.47. The van der Waals surface area contributed by atoms with Crippen LogP contribution >= 0.6 is 11.3 Å². The summed E-state index contributed by atoms with van der Waals surface area (Å²) in [5.74, 6) is -0.154. The molecule has 0 bridgehead atoms. The van der Waals surface area contributed by atoms with Gasteiger partial charge in [-0.15, -0.1) is 11.3 Å². The molecule has 0 saturated heterocycles. The van der Waals surface area contributed by atoms with Crippen molar-refractivity contribution in [2.75, 3.05) is 31.6 Å². The number of amides is 2. The van der Waals surface area contributed by atoms with Crippen LogP contribution in [0.1, 0.15) is 64.5 Å². The monoisotopic (exact) mass is 383 g/mol. The van der Waals surface area contributed by atoms with Gasteiger partial charge in [-0.05, 0) is 26.7 Å². The highest BCUT2D eigenvalue weighted by Crippen LogP contribution is 2.14. The summed E-state index contributed by atoms with van der Waals surface area (Å²) >= 11 is 1.39. The molecule has 1 aromatic rings. The van der Waals surface area contributed by atoms with Crippen LogP contribution in [0.15, 0.2) is 5.38 Å². The van der Waals surface area contributed by atoms with Crippen LogP contribution in [0, 0.1) is 6.92 Å². The number of hydrogen-bond acceptors (Lipinski definition) is 5. The first kappa shape index (κ1) is 22.6. The fourth-order valence-electron chi connectivity index (χ4n) is 2.58. The second-order valence-electron chi connectivity index (χ2n) is 6.37. The van der Waals surface area contributed by atoms with Gasteiger partial charge < -0.3 is 15.0 Å². The number of nitrogens with zero attached hydrogens (tertiary/aromatic N) is 2. The highest BCUT2D eigenvalue weighted by atomic mass is 32.1. The van der Waals surface area contributed by atoms with Crippen molar-refractivity contribution >= 4 is 28.3 Å². The van der Waals surface area contributed by atoms with Crippen molar-refractivity contribution in [1.29, 1.82) is 0 Å². The minimum atomic E-state index is -0.199. The van der Waals surface area contributed by atoms with Crippen LogP contribution in [0.25, 0.3) is 0 Å². The summed E-state index contributed by atoms with van der Waals surface area (Å²) < 4.78 is 5.35. The van der Waals surface area contributed by atoms with E-state index < -0.39 is 0 Å².